The third kappa shape index (κ3) is 2.85. The molecule has 0 aromatic carbocycles. The number of rotatable bonds is 3. The molecule has 5 nitrogen and oxygen atoms in total. The lowest BCUT2D eigenvalue weighted by atomic mass is 10.0. The Morgan fingerprint density at radius 2 is 2.05 bits per heavy atom. The summed E-state index contributed by atoms with van der Waals surface area (Å²) in [6.45, 7) is 6.32. The van der Waals surface area contributed by atoms with E-state index in [1.807, 2.05) is 7.05 Å². The van der Waals surface area contributed by atoms with Crippen LogP contribution < -0.4 is 5.73 Å². The van der Waals surface area contributed by atoms with Gasteiger partial charge in [0, 0.05) is 36.6 Å². The van der Waals surface area contributed by atoms with Gasteiger partial charge in [0.25, 0.3) is 10.0 Å². The fraction of sp³-hybridized carbons (Fsp3) is 0.667. The van der Waals surface area contributed by atoms with Crippen molar-refractivity contribution in [2.75, 3.05) is 26.7 Å². The van der Waals surface area contributed by atoms with Crippen molar-refractivity contribution in [1.29, 1.82) is 0 Å². The summed E-state index contributed by atoms with van der Waals surface area (Å²) in [5.74, 6) is 0. The molecule has 0 atom stereocenters. The van der Waals surface area contributed by atoms with Gasteiger partial charge in [0.2, 0.25) is 0 Å². The van der Waals surface area contributed by atoms with E-state index in [9.17, 15) is 8.42 Å². The molecular formula is C12H21N3O2S2. The predicted molar refractivity (Wildman–Crippen MR) is 77.7 cm³/mol. The minimum atomic E-state index is -3.38. The van der Waals surface area contributed by atoms with E-state index in [4.69, 9.17) is 5.73 Å². The minimum Gasteiger partial charge on any atom is -0.326 e. The zero-order chi connectivity index (χ0) is 14.3. The SMILES string of the molecule is CN1CCN(S(=O)(=O)c2ccc(CN)s2)CC1(C)C. The molecule has 1 aromatic heterocycles. The van der Waals surface area contributed by atoms with Crippen molar-refractivity contribution in [2.45, 2.75) is 30.1 Å². The largest absolute Gasteiger partial charge is 0.326 e. The van der Waals surface area contributed by atoms with Gasteiger partial charge in [0.05, 0.1) is 0 Å². The summed E-state index contributed by atoms with van der Waals surface area (Å²) in [5.41, 5.74) is 5.40. The summed E-state index contributed by atoms with van der Waals surface area (Å²) in [6.07, 6.45) is 0. The molecule has 19 heavy (non-hydrogen) atoms. The molecule has 7 heteroatoms. The first-order chi connectivity index (χ1) is 8.77. The Morgan fingerprint density at radius 1 is 1.37 bits per heavy atom. The molecule has 1 aromatic rings. The second-order valence-corrected chi connectivity index (χ2v) is 8.83. The summed E-state index contributed by atoms with van der Waals surface area (Å²) in [6, 6.07) is 3.45. The number of thiophene rings is 1. The third-order valence-electron chi connectivity index (χ3n) is 3.71. The van der Waals surface area contributed by atoms with Crippen LogP contribution in [0.5, 0.6) is 0 Å². The zero-order valence-electron chi connectivity index (χ0n) is 11.6. The molecule has 2 rings (SSSR count). The van der Waals surface area contributed by atoms with Crippen LogP contribution in [0.2, 0.25) is 0 Å². The first-order valence-corrected chi connectivity index (χ1v) is 8.53. The summed E-state index contributed by atoms with van der Waals surface area (Å²) in [5, 5.41) is 0. The molecule has 108 valence electrons. The van der Waals surface area contributed by atoms with E-state index < -0.39 is 10.0 Å². The quantitative estimate of drug-likeness (QED) is 0.902. The van der Waals surface area contributed by atoms with Crippen molar-refractivity contribution in [1.82, 2.24) is 9.21 Å². The second-order valence-electron chi connectivity index (χ2n) is 5.50. The van der Waals surface area contributed by atoms with Gasteiger partial charge in [-0.25, -0.2) is 8.42 Å². The third-order valence-corrected chi connectivity index (χ3v) is 7.13. The maximum Gasteiger partial charge on any atom is 0.252 e. The van der Waals surface area contributed by atoms with Gasteiger partial charge >= 0.3 is 0 Å². The number of nitrogens with zero attached hydrogens (tertiary/aromatic N) is 2. The van der Waals surface area contributed by atoms with Gasteiger partial charge in [-0.2, -0.15) is 4.31 Å². The first kappa shape index (κ1) is 14.9. The van der Waals surface area contributed by atoms with Crippen molar-refractivity contribution < 1.29 is 8.42 Å². The lowest BCUT2D eigenvalue weighted by molar-refractivity contribution is 0.0802. The van der Waals surface area contributed by atoms with E-state index in [2.05, 4.69) is 18.7 Å². The summed E-state index contributed by atoms with van der Waals surface area (Å²) in [4.78, 5) is 3.09. The fourth-order valence-corrected chi connectivity index (χ4v) is 5.11. The molecule has 1 aliphatic rings. The Balaban J connectivity index is 2.25. The van der Waals surface area contributed by atoms with E-state index >= 15 is 0 Å². The average Bonchev–Trinajstić information content (AvgIpc) is 2.81. The zero-order valence-corrected chi connectivity index (χ0v) is 13.2. The van der Waals surface area contributed by atoms with Crippen LogP contribution in [0.3, 0.4) is 0 Å². The van der Waals surface area contributed by atoms with E-state index in [0.29, 0.717) is 23.8 Å². The topological polar surface area (TPSA) is 66.6 Å². The molecule has 0 unspecified atom stereocenters. The molecule has 0 aliphatic carbocycles. The van der Waals surface area contributed by atoms with E-state index in [-0.39, 0.29) is 5.54 Å². The van der Waals surface area contributed by atoms with Crippen LogP contribution in [0, 0.1) is 0 Å². The van der Waals surface area contributed by atoms with Gasteiger partial charge in [-0.15, -0.1) is 11.3 Å². The molecule has 0 bridgehead atoms. The molecule has 1 aliphatic heterocycles. The average molecular weight is 303 g/mol. The lowest BCUT2D eigenvalue weighted by Gasteiger charge is -2.44. The predicted octanol–water partition coefficient (Wildman–Crippen LogP) is 0.921. The number of hydrogen-bond acceptors (Lipinski definition) is 5. The summed E-state index contributed by atoms with van der Waals surface area (Å²) in [7, 11) is -1.35. The van der Waals surface area contributed by atoms with Crippen molar-refractivity contribution in [3.05, 3.63) is 17.0 Å². The van der Waals surface area contributed by atoms with Crippen LogP contribution in [0.1, 0.15) is 18.7 Å². The van der Waals surface area contributed by atoms with E-state index in [1.165, 1.54) is 11.3 Å². The van der Waals surface area contributed by atoms with Crippen LogP contribution in [-0.4, -0.2) is 49.8 Å². The first-order valence-electron chi connectivity index (χ1n) is 6.27. The highest BCUT2D eigenvalue weighted by atomic mass is 32.2. The molecule has 0 amide bonds. The van der Waals surface area contributed by atoms with Gasteiger partial charge in [-0.1, -0.05) is 0 Å². The highest BCUT2D eigenvalue weighted by molar-refractivity contribution is 7.91. The van der Waals surface area contributed by atoms with Gasteiger partial charge < -0.3 is 5.73 Å². The number of hydrogen-bond donors (Lipinski definition) is 1. The molecule has 1 fully saturated rings. The number of nitrogens with two attached hydrogens (primary N) is 1. The maximum atomic E-state index is 12.6. The molecule has 0 spiro atoms. The minimum absolute atomic E-state index is 0.140. The van der Waals surface area contributed by atoms with Gasteiger partial charge in [0.15, 0.2) is 0 Å². The van der Waals surface area contributed by atoms with Crippen molar-refractivity contribution >= 4 is 21.4 Å². The molecule has 0 saturated carbocycles. The molecule has 1 saturated heterocycles. The lowest BCUT2D eigenvalue weighted by Crippen LogP contribution is -2.58. The van der Waals surface area contributed by atoms with Gasteiger partial charge in [-0.05, 0) is 33.0 Å². The van der Waals surface area contributed by atoms with Crippen LogP contribution in [0.4, 0.5) is 0 Å². The molecule has 2 heterocycles. The highest BCUT2D eigenvalue weighted by Crippen LogP contribution is 2.28. The summed E-state index contributed by atoms with van der Waals surface area (Å²) >= 11 is 1.27. The smallest absolute Gasteiger partial charge is 0.252 e. The van der Waals surface area contributed by atoms with Gasteiger partial charge in [-0.3, -0.25) is 4.90 Å². The van der Waals surface area contributed by atoms with Crippen LogP contribution in [-0.2, 0) is 16.6 Å². The number of sulfonamides is 1. The second kappa shape index (κ2) is 5.14. The van der Waals surface area contributed by atoms with Crippen LogP contribution in [0.15, 0.2) is 16.3 Å². The fourth-order valence-electron chi connectivity index (χ4n) is 2.13. The van der Waals surface area contributed by atoms with Crippen LogP contribution >= 0.6 is 11.3 Å². The Morgan fingerprint density at radius 3 is 2.58 bits per heavy atom. The molecular weight excluding hydrogens is 282 g/mol. The Hall–Kier alpha value is -0.470. The molecule has 0 radical (unpaired) electrons. The normalized spacial score (nSPS) is 21.7. The monoisotopic (exact) mass is 303 g/mol. The van der Waals surface area contributed by atoms with Crippen molar-refractivity contribution in [2.24, 2.45) is 5.73 Å². The van der Waals surface area contributed by atoms with Crippen molar-refractivity contribution in [3.8, 4) is 0 Å². The van der Waals surface area contributed by atoms with Crippen molar-refractivity contribution in [3.63, 3.8) is 0 Å². The Bertz CT molecular complexity index is 551. The molecule has 2 N–H and O–H groups in total. The highest BCUT2D eigenvalue weighted by Gasteiger charge is 2.37. The Kier molecular flexibility index (Phi) is 4.04. The Labute approximate surface area is 119 Å². The number of piperazine rings is 1. The summed E-state index contributed by atoms with van der Waals surface area (Å²) < 4.78 is 27.2. The maximum absolute atomic E-state index is 12.6. The van der Waals surface area contributed by atoms with Crippen LogP contribution in [0.25, 0.3) is 0 Å². The number of likely N-dealkylation sites (N-methyl/N-ethyl adjacent to an activating group) is 1. The van der Waals surface area contributed by atoms with E-state index in [0.717, 1.165) is 11.4 Å². The van der Waals surface area contributed by atoms with Gasteiger partial charge in [0.1, 0.15) is 4.21 Å². The van der Waals surface area contributed by atoms with E-state index in [1.54, 1.807) is 16.4 Å². The standard InChI is InChI=1S/C12H21N3O2S2/c1-12(2)9-15(7-6-14(12)3)19(16,17)11-5-4-10(8-13)18-11/h4-5H,6-9,13H2,1-3H3.